The van der Waals surface area contributed by atoms with E-state index >= 15 is 0 Å². The summed E-state index contributed by atoms with van der Waals surface area (Å²) < 4.78 is 17.6. The van der Waals surface area contributed by atoms with E-state index in [0.29, 0.717) is 5.69 Å². The molecule has 72 valence electrons. The number of carbonyl (C=O) groups excluding carboxylic acids is 1. The van der Waals surface area contributed by atoms with Crippen LogP contribution < -0.4 is 10.1 Å². The number of hydrogen-bond donors (Lipinski definition) is 1. The predicted molar refractivity (Wildman–Crippen MR) is 50.4 cm³/mol. The number of methoxy groups -OCH3 is 1. The number of halogens is 1. The van der Waals surface area contributed by atoms with Crippen LogP contribution in [0.5, 0.6) is 5.75 Å². The molecule has 3 nitrogen and oxygen atoms in total. The number of hydrogen-bond acceptors (Lipinski definition) is 2. The zero-order valence-electron chi connectivity index (χ0n) is 7.50. The minimum Gasteiger partial charge on any atom is -0.494 e. The van der Waals surface area contributed by atoms with Crippen molar-refractivity contribution in [2.45, 2.75) is 0 Å². The van der Waals surface area contributed by atoms with Crippen LogP contribution in [-0.2, 0) is 4.79 Å². The van der Waals surface area contributed by atoms with E-state index in [1.54, 1.807) is 0 Å². The molecule has 4 heteroatoms. The third-order valence-corrected chi connectivity index (χ3v) is 1.54. The van der Waals surface area contributed by atoms with Crippen LogP contribution in [0.1, 0.15) is 0 Å². The molecule has 0 aromatic heterocycles. The van der Waals surface area contributed by atoms with Gasteiger partial charge in [-0.05, 0) is 18.1 Å². The Morgan fingerprint density at radius 2 is 2.36 bits per heavy atom. The molecule has 0 saturated heterocycles. The van der Waals surface area contributed by atoms with E-state index in [0.717, 1.165) is 6.07 Å². The largest absolute Gasteiger partial charge is 0.494 e. The number of ether oxygens (including phenoxy) is 1. The van der Waals surface area contributed by atoms with Crippen molar-refractivity contribution in [3.63, 3.8) is 0 Å². The van der Waals surface area contributed by atoms with Crippen LogP contribution in [0.3, 0.4) is 0 Å². The fourth-order valence-corrected chi connectivity index (χ4v) is 0.927. The van der Waals surface area contributed by atoms with Crippen molar-refractivity contribution in [3.8, 4) is 18.1 Å². The highest BCUT2D eigenvalue weighted by Gasteiger charge is 2.06. The van der Waals surface area contributed by atoms with Crippen LogP contribution in [0, 0.1) is 18.2 Å². The maximum Gasteiger partial charge on any atom is 0.300 e. The number of anilines is 1. The molecule has 0 aliphatic heterocycles. The molecule has 0 spiro atoms. The molecule has 1 amide bonds. The lowest BCUT2D eigenvalue weighted by Gasteiger charge is -2.07. The fraction of sp³-hybridized carbons (Fsp3) is 0.100. The Kier molecular flexibility index (Phi) is 3.08. The van der Waals surface area contributed by atoms with E-state index in [2.05, 4.69) is 5.32 Å². The molecule has 1 N–H and O–H groups in total. The van der Waals surface area contributed by atoms with E-state index in [-0.39, 0.29) is 5.75 Å². The smallest absolute Gasteiger partial charge is 0.300 e. The maximum atomic E-state index is 12.7. The van der Waals surface area contributed by atoms with Gasteiger partial charge in [0.05, 0.1) is 12.8 Å². The first-order valence-electron chi connectivity index (χ1n) is 3.78. The van der Waals surface area contributed by atoms with Gasteiger partial charge in [-0.2, -0.15) is 0 Å². The van der Waals surface area contributed by atoms with Gasteiger partial charge in [0, 0.05) is 6.07 Å². The summed E-state index contributed by atoms with van der Waals surface area (Å²) in [5.74, 6) is 1.06. The highest BCUT2D eigenvalue weighted by Crippen LogP contribution is 2.24. The summed E-state index contributed by atoms with van der Waals surface area (Å²) >= 11 is 0. The summed E-state index contributed by atoms with van der Waals surface area (Å²) in [5.41, 5.74) is 0.344. The van der Waals surface area contributed by atoms with Gasteiger partial charge in [-0.3, -0.25) is 4.79 Å². The molecule has 1 aromatic rings. The lowest BCUT2D eigenvalue weighted by Crippen LogP contribution is -2.09. The average Bonchev–Trinajstić information content (AvgIpc) is 2.20. The van der Waals surface area contributed by atoms with Gasteiger partial charge in [0.25, 0.3) is 5.91 Å². The number of carbonyl (C=O) groups is 1. The summed E-state index contributed by atoms with van der Waals surface area (Å²) in [6, 6.07) is 3.74. The summed E-state index contributed by atoms with van der Waals surface area (Å²) in [6.45, 7) is 0. The Balaban J connectivity index is 2.97. The molecule has 0 bridgehead atoms. The van der Waals surface area contributed by atoms with E-state index < -0.39 is 11.7 Å². The third kappa shape index (κ3) is 2.23. The Hall–Kier alpha value is -2.02. The lowest BCUT2D eigenvalue weighted by atomic mass is 10.3. The summed E-state index contributed by atoms with van der Waals surface area (Å²) in [7, 11) is 1.38. The van der Waals surface area contributed by atoms with E-state index in [9.17, 15) is 9.18 Å². The van der Waals surface area contributed by atoms with E-state index in [4.69, 9.17) is 11.2 Å². The summed E-state index contributed by atoms with van der Waals surface area (Å²) in [4.78, 5) is 10.8. The zero-order valence-corrected chi connectivity index (χ0v) is 7.50. The highest BCUT2D eigenvalue weighted by molar-refractivity contribution is 6.04. The van der Waals surface area contributed by atoms with Crippen molar-refractivity contribution in [2.24, 2.45) is 0 Å². The first-order chi connectivity index (χ1) is 6.67. The van der Waals surface area contributed by atoms with Gasteiger partial charge in [-0.25, -0.2) is 4.39 Å². The lowest BCUT2D eigenvalue weighted by molar-refractivity contribution is -0.111. The number of terminal acetylenes is 1. The second-order valence-corrected chi connectivity index (χ2v) is 2.44. The standard InChI is InChI=1S/C10H8FNO2/c1-3-10(13)12-8-5-4-7(11)6-9(8)14-2/h1,4-6H,2H3,(H,12,13). The zero-order chi connectivity index (χ0) is 10.6. The third-order valence-electron chi connectivity index (χ3n) is 1.54. The van der Waals surface area contributed by atoms with Crippen LogP contribution in [0.2, 0.25) is 0 Å². The van der Waals surface area contributed by atoms with Gasteiger partial charge < -0.3 is 10.1 Å². The van der Waals surface area contributed by atoms with Gasteiger partial charge in [0.15, 0.2) is 0 Å². The van der Waals surface area contributed by atoms with Crippen LogP contribution >= 0.6 is 0 Å². The minimum absolute atomic E-state index is 0.230. The van der Waals surface area contributed by atoms with Gasteiger partial charge in [-0.1, -0.05) is 0 Å². The molecule has 0 aliphatic rings. The molecule has 0 aliphatic carbocycles. The monoisotopic (exact) mass is 193 g/mol. The van der Waals surface area contributed by atoms with Crippen LogP contribution in [-0.4, -0.2) is 13.0 Å². The SMILES string of the molecule is C#CC(=O)Nc1ccc(F)cc1OC. The first-order valence-corrected chi connectivity index (χ1v) is 3.78. The van der Waals surface area contributed by atoms with Crippen molar-refractivity contribution < 1.29 is 13.9 Å². The van der Waals surface area contributed by atoms with Crippen LogP contribution in [0.15, 0.2) is 18.2 Å². The van der Waals surface area contributed by atoms with Crippen molar-refractivity contribution in [1.82, 2.24) is 0 Å². The van der Waals surface area contributed by atoms with E-state index in [1.807, 2.05) is 5.92 Å². The summed E-state index contributed by atoms with van der Waals surface area (Å²) in [6.07, 6.45) is 4.86. The van der Waals surface area contributed by atoms with Crippen molar-refractivity contribution in [3.05, 3.63) is 24.0 Å². The van der Waals surface area contributed by atoms with Crippen molar-refractivity contribution >= 4 is 11.6 Å². The molecule has 14 heavy (non-hydrogen) atoms. The molecule has 0 radical (unpaired) electrons. The van der Waals surface area contributed by atoms with Gasteiger partial charge >= 0.3 is 0 Å². The first kappa shape index (κ1) is 10.1. The molecule has 0 atom stereocenters. The second kappa shape index (κ2) is 4.28. The van der Waals surface area contributed by atoms with Crippen molar-refractivity contribution in [1.29, 1.82) is 0 Å². The molecule has 0 heterocycles. The highest BCUT2D eigenvalue weighted by atomic mass is 19.1. The molecular weight excluding hydrogens is 185 g/mol. The maximum absolute atomic E-state index is 12.7. The normalized spacial score (nSPS) is 8.93. The molecule has 0 fully saturated rings. The average molecular weight is 193 g/mol. The molecule has 0 unspecified atom stereocenters. The number of amides is 1. The van der Waals surface area contributed by atoms with Gasteiger partial charge in [0.1, 0.15) is 11.6 Å². The van der Waals surface area contributed by atoms with Crippen LogP contribution in [0.4, 0.5) is 10.1 Å². The Bertz CT molecular complexity index is 396. The predicted octanol–water partition coefficient (Wildman–Crippen LogP) is 1.41. The van der Waals surface area contributed by atoms with Gasteiger partial charge in [0.2, 0.25) is 0 Å². The molecule has 1 aromatic carbocycles. The van der Waals surface area contributed by atoms with Gasteiger partial charge in [-0.15, -0.1) is 6.42 Å². The van der Waals surface area contributed by atoms with Crippen LogP contribution in [0.25, 0.3) is 0 Å². The number of nitrogens with one attached hydrogen (secondary N) is 1. The minimum atomic E-state index is -0.602. The quantitative estimate of drug-likeness (QED) is 0.721. The fourth-order valence-electron chi connectivity index (χ4n) is 0.927. The molecule has 0 saturated carbocycles. The molecular formula is C10H8FNO2. The topological polar surface area (TPSA) is 38.3 Å². The summed E-state index contributed by atoms with van der Waals surface area (Å²) in [5, 5.41) is 2.37. The second-order valence-electron chi connectivity index (χ2n) is 2.44. The van der Waals surface area contributed by atoms with E-state index in [1.165, 1.54) is 19.2 Å². The Morgan fingerprint density at radius 3 is 2.93 bits per heavy atom. The number of benzene rings is 1. The Morgan fingerprint density at radius 1 is 1.64 bits per heavy atom. The Labute approximate surface area is 80.9 Å². The molecule has 1 rings (SSSR count). The van der Waals surface area contributed by atoms with Crippen molar-refractivity contribution in [2.75, 3.05) is 12.4 Å². The number of rotatable bonds is 2.